The Hall–Kier alpha value is -0.630. The monoisotopic (exact) mass is 279 g/mol. The van der Waals surface area contributed by atoms with Gasteiger partial charge in [-0.15, -0.1) is 11.6 Å². The summed E-state index contributed by atoms with van der Waals surface area (Å²) in [5.41, 5.74) is 0. The number of halogens is 1. The number of morpholine rings is 1. The maximum atomic E-state index is 12.2. The summed E-state index contributed by atoms with van der Waals surface area (Å²) in [6, 6.07) is 0. The van der Waals surface area contributed by atoms with Crippen LogP contribution in [-0.2, 0) is 14.8 Å². The van der Waals surface area contributed by atoms with Crippen LogP contribution >= 0.6 is 11.6 Å². The summed E-state index contributed by atoms with van der Waals surface area (Å²) in [6.45, 7) is 2.44. The van der Waals surface area contributed by atoms with E-state index in [1.807, 2.05) is 6.92 Å². The number of aromatic amines is 1. The Balaban J connectivity index is 2.22. The summed E-state index contributed by atoms with van der Waals surface area (Å²) >= 11 is 5.72. The van der Waals surface area contributed by atoms with Gasteiger partial charge < -0.3 is 4.74 Å². The number of nitrogens with one attached hydrogen (secondary N) is 1. The third-order valence-electron chi connectivity index (χ3n) is 2.58. The van der Waals surface area contributed by atoms with Gasteiger partial charge in [0, 0.05) is 25.2 Å². The lowest BCUT2D eigenvalue weighted by Crippen LogP contribution is -2.49. The fourth-order valence-electron chi connectivity index (χ4n) is 1.81. The van der Waals surface area contributed by atoms with Crippen molar-refractivity contribution < 1.29 is 13.2 Å². The van der Waals surface area contributed by atoms with Crippen LogP contribution in [0.4, 0.5) is 0 Å². The van der Waals surface area contributed by atoms with E-state index in [9.17, 15) is 8.42 Å². The van der Waals surface area contributed by atoms with Crippen LogP contribution in [0, 0.1) is 0 Å². The molecular formula is C9H14ClN3O3S. The van der Waals surface area contributed by atoms with Gasteiger partial charge in [0.25, 0.3) is 0 Å². The van der Waals surface area contributed by atoms with Crippen molar-refractivity contribution in [1.29, 1.82) is 0 Å². The first-order valence-corrected chi connectivity index (χ1v) is 7.22. The average Bonchev–Trinajstić information content (AvgIpc) is 2.82. The molecule has 1 aliphatic rings. The lowest BCUT2D eigenvalue weighted by Gasteiger charge is -2.34. The number of rotatable bonds is 3. The minimum absolute atomic E-state index is 0.158. The highest BCUT2D eigenvalue weighted by molar-refractivity contribution is 7.89. The molecule has 0 radical (unpaired) electrons. The molecule has 0 amide bonds. The summed E-state index contributed by atoms with van der Waals surface area (Å²) in [6.07, 6.45) is 2.24. The van der Waals surface area contributed by atoms with E-state index >= 15 is 0 Å². The third kappa shape index (κ3) is 2.62. The van der Waals surface area contributed by atoms with Crippen LogP contribution in [-0.4, -0.2) is 54.1 Å². The van der Waals surface area contributed by atoms with Gasteiger partial charge in [-0.2, -0.15) is 9.40 Å². The van der Waals surface area contributed by atoms with Crippen molar-refractivity contribution in [2.45, 2.75) is 24.0 Å². The first-order chi connectivity index (χ1) is 8.04. The van der Waals surface area contributed by atoms with Crippen LogP contribution in [0.25, 0.3) is 0 Å². The Morgan fingerprint density at radius 2 is 2.41 bits per heavy atom. The van der Waals surface area contributed by atoms with Crippen LogP contribution in [0.15, 0.2) is 17.3 Å². The van der Waals surface area contributed by atoms with Crippen molar-refractivity contribution in [3.05, 3.63) is 12.4 Å². The Labute approximate surface area is 105 Å². The molecule has 6 nitrogen and oxygen atoms in total. The van der Waals surface area contributed by atoms with Crippen molar-refractivity contribution in [3.63, 3.8) is 0 Å². The fourth-order valence-corrected chi connectivity index (χ4v) is 3.44. The molecule has 1 saturated heterocycles. The molecule has 1 fully saturated rings. The molecule has 8 heteroatoms. The van der Waals surface area contributed by atoms with Crippen molar-refractivity contribution in [1.82, 2.24) is 14.5 Å². The molecule has 2 rings (SSSR count). The minimum Gasteiger partial charge on any atom is -0.371 e. The maximum absolute atomic E-state index is 12.2. The molecule has 2 unspecified atom stereocenters. The lowest BCUT2D eigenvalue weighted by atomic mass is 10.3. The second kappa shape index (κ2) is 4.93. The molecule has 17 heavy (non-hydrogen) atoms. The van der Waals surface area contributed by atoms with E-state index in [4.69, 9.17) is 16.3 Å². The SMILES string of the molecule is CC1CN(S(=O)(=O)c2cn[nH]c2)CC(CCl)O1. The second-order valence-corrected chi connectivity index (χ2v) is 6.23. The van der Waals surface area contributed by atoms with Crippen molar-refractivity contribution in [3.8, 4) is 0 Å². The van der Waals surface area contributed by atoms with Crippen LogP contribution < -0.4 is 0 Å². The Morgan fingerprint density at radius 3 is 3.00 bits per heavy atom. The maximum Gasteiger partial charge on any atom is 0.246 e. The van der Waals surface area contributed by atoms with E-state index in [0.29, 0.717) is 6.54 Å². The number of sulfonamides is 1. The molecule has 0 saturated carbocycles. The Bertz CT molecular complexity index is 462. The summed E-state index contributed by atoms with van der Waals surface area (Å²) < 4.78 is 31.3. The van der Waals surface area contributed by atoms with Gasteiger partial charge in [-0.25, -0.2) is 8.42 Å². The molecule has 1 aromatic heterocycles. The summed E-state index contributed by atoms with van der Waals surface area (Å²) in [5.74, 6) is 0.280. The van der Waals surface area contributed by atoms with Gasteiger partial charge in [-0.3, -0.25) is 5.10 Å². The number of hydrogen-bond acceptors (Lipinski definition) is 4. The minimum atomic E-state index is -3.49. The van der Waals surface area contributed by atoms with Gasteiger partial charge in [0.1, 0.15) is 4.90 Å². The molecular weight excluding hydrogens is 266 g/mol. The van der Waals surface area contributed by atoms with Crippen LogP contribution in [0.5, 0.6) is 0 Å². The fraction of sp³-hybridized carbons (Fsp3) is 0.667. The molecule has 1 aromatic rings. The first kappa shape index (κ1) is 12.8. The van der Waals surface area contributed by atoms with Crippen molar-refractivity contribution >= 4 is 21.6 Å². The summed E-state index contributed by atoms with van der Waals surface area (Å²) in [5, 5.41) is 6.15. The van der Waals surface area contributed by atoms with Crippen LogP contribution in [0.1, 0.15) is 6.92 Å². The molecule has 2 heterocycles. The van der Waals surface area contributed by atoms with Crippen molar-refractivity contribution in [2.24, 2.45) is 0 Å². The Morgan fingerprint density at radius 1 is 1.65 bits per heavy atom. The summed E-state index contributed by atoms with van der Waals surface area (Å²) in [4.78, 5) is 0.167. The number of H-pyrrole nitrogens is 1. The zero-order valence-electron chi connectivity index (χ0n) is 9.34. The van der Waals surface area contributed by atoms with Crippen molar-refractivity contribution in [2.75, 3.05) is 19.0 Å². The van der Waals surface area contributed by atoms with Crippen LogP contribution in [0.3, 0.4) is 0 Å². The molecule has 1 N–H and O–H groups in total. The molecule has 2 atom stereocenters. The Kier molecular flexibility index (Phi) is 3.72. The van der Waals surface area contributed by atoms with Gasteiger partial charge in [-0.1, -0.05) is 0 Å². The topological polar surface area (TPSA) is 75.3 Å². The molecule has 0 aliphatic carbocycles. The zero-order chi connectivity index (χ0) is 12.5. The van der Waals surface area contributed by atoms with Crippen LogP contribution in [0.2, 0.25) is 0 Å². The predicted molar refractivity (Wildman–Crippen MR) is 62.4 cm³/mol. The number of ether oxygens (including phenoxy) is 1. The highest BCUT2D eigenvalue weighted by Gasteiger charge is 2.33. The highest BCUT2D eigenvalue weighted by atomic mass is 35.5. The van der Waals surface area contributed by atoms with Gasteiger partial charge >= 0.3 is 0 Å². The number of aromatic nitrogens is 2. The smallest absolute Gasteiger partial charge is 0.246 e. The van der Waals surface area contributed by atoms with E-state index in [1.54, 1.807) is 0 Å². The molecule has 1 aliphatic heterocycles. The normalized spacial score (nSPS) is 27.2. The second-order valence-electron chi connectivity index (χ2n) is 3.98. The molecule has 0 bridgehead atoms. The van der Waals surface area contributed by atoms with E-state index in [-0.39, 0.29) is 29.5 Å². The van der Waals surface area contributed by atoms with E-state index in [1.165, 1.54) is 16.7 Å². The standard InChI is InChI=1S/C9H14ClN3O3S/c1-7-5-13(6-8(2-10)16-7)17(14,15)9-3-11-12-4-9/h3-4,7-8H,2,5-6H2,1H3,(H,11,12). The van der Waals surface area contributed by atoms with Gasteiger partial charge in [-0.05, 0) is 6.92 Å². The van der Waals surface area contributed by atoms with Gasteiger partial charge in [0.2, 0.25) is 10.0 Å². The number of hydrogen-bond donors (Lipinski definition) is 1. The lowest BCUT2D eigenvalue weighted by molar-refractivity contribution is -0.0423. The van der Waals surface area contributed by atoms with Gasteiger partial charge in [0.15, 0.2) is 0 Å². The highest BCUT2D eigenvalue weighted by Crippen LogP contribution is 2.20. The molecule has 96 valence electrons. The summed E-state index contributed by atoms with van der Waals surface area (Å²) in [7, 11) is -3.49. The average molecular weight is 280 g/mol. The number of alkyl halides is 1. The van der Waals surface area contributed by atoms with Gasteiger partial charge in [0.05, 0.1) is 18.4 Å². The molecule has 0 aromatic carbocycles. The third-order valence-corrected chi connectivity index (χ3v) is 4.72. The number of nitrogens with zero attached hydrogens (tertiary/aromatic N) is 2. The molecule has 0 spiro atoms. The predicted octanol–water partition coefficient (Wildman–Crippen LogP) is 0.426. The largest absolute Gasteiger partial charge is 0.371 e. The van der Waals surface area contributed by atoms with E-state index in [0.717, 1.165) is 0 Å². The zero-order valence-corrected chi connectivity index (χ0v) is 10.9. The first-order valence-electron chi connectivity index (χ1n) is 5.24. The quantitative estimate of drug-likeness (QED) is 0.814. The van der Waals surface area contributed by atoms with E-state index in [2.05, 4.69) is 10.2 Å². The van der Waals surface area contributed by atoms with E-state index < -0.39 is 10.0 Å².